The van der Waals surface area contributed by atoms with E-state index in [1.807, 2.05) is 0 Å². The fraction of sp³-hybridized carbons (Fsp3) is 0.517. The molecule has 0 heterocycles. The number of benzene rings is 2. The van der Waals surface area contributed by atoms with Crippen molar-refractivity contribution >= 4 is 6.08 Å². The van der Waals surface area contributed by atoms with Crippen molar-refractivity contribution in [1.29, 1.82) is 0 Å². The number of aryl methyl sites for hydroxylation is 1. The van der Waals surface area contributed by atoms with E-state index in [4.69, 9.17) is 0 Å². The van der Waals surface area contributed by atoms with Gasteiger partial charge < -0.3 is 0 Å². The summed E-state index contributed by atoms with van der Waals surface area (Å²) in [6.45, 7) is 4.56. The minimum atomic E-state index is 0.553. The Kier molecular flexibility index (Phi) is 6.58. The second-order valence-electron chi connectivity index (χ2n) is 9.77. The maximum atomic E-state index is 2.56. The summed E-state index contributed by atoms with van der Waals surface area (Å²) in [5.41, 5.74) is 9.37. The van der Waals surface area contributed by atoms with Crippen LogP contribution in [-0.4, -0.2) is 0 Å². The molecule has 0 aliphatic heterocycles. The fourth-order valence-electron chi connectivity index (χ4n) is 5.90. The van der Waals surface area contributed by atoms with E-state index < -0.39 is 0 Å². The summed E-state index contributed by atoms with van der Waals surface area (Å²) in [5.74, 6) is 0. The van der Waals surface area contributed by atoms with Gasteiger partial charge in [-0.1, -0.05) is 112 Å². The molecule has 0 atom stereocenters. The zero-order chi connectivity index (χ0) is 20.1. The first-order chi connectivity index (χ1) is 14.2. The lowest BCUT2D eigenvalue weighted by Crippen LogP contribution is -2.22. The Balaban J connectivity index is 1.60. The molecule has 1 fully saturated rings. The standard InChI is InChI=1S/C29H38/c1-3-17-29(18-8-6-4-5-7-9-19-29)22-24-20-26-11-10-12-27(28(26)21-24)25-15-13-23(2)14-16-25/h10-16,21H,3-9,17-20,22H2,1-2H3. The Bertz CT molecular complexity index is 827. The van der Waals surface area contributed by atoms with Crippen molar-refractivity contribution in [2.45, 2.75) is 90.9 Å². The second kappa shape index (κ2) is 9.33. The summed E-state index contributed by atoms with van der Waals surface area (Å²) in [4.78, 5) is 0. The Labute approximate surface area is 178 Å². The SMILES string of the molecule is CCCC1(CC2=Cc3c(cccc3-c3ccc(C)cc3)C2)CCCCCCCC1. The summed E-state index contributed by atoms with van der Waals surface area (Å²) < 4.78 is 0. The number of hydrogen-bond acceptors (Lipinski definition) is 0. The Morgan fingerprint density at radius 1 is 0.828 bits per heavy atom. The molecule has 0 N–H and O–H groups in total. The predicted molar refractivity (Wildman–Crippen MR) is 127 cm³/mol. The highest BCUT2D eigenvalue weighted by Gasteiger charge is 2.31. The molecule has 2 aliphatic carbocycles. The largest absolute Gasteiger partial charge is 0.0654 e. The molecular weight excluding hydrogens is 348 g/mol. The number of rotatable bonds is 5. The average molecular weight is 387 g/mol. The minimum Gasteiger partial charge on any atom is -0.0654 e. The molecule has 0 aromatic heterocycles. The van der Waals surface area contributed by atoms with Crippen LogP contribution in [0, 0.1) is 12.3 Å². The molecule has 0 unspecified atom stereocenters. The monoisotopic (exact) mass is 386 g/mol. The van der Waals surface area contributed by atoms with E-state index in [0.717, 1.165) is 0 Å². The van der Waals surface area contributed by atoms with E-state index in [0.29, 0.717) is 5.41 Å². The zero-order valence-electron chi connectivity index (χ0n) is 18.6. The van der Waals surface area contributed by atoms with E-state index in [1.54, 1.807) is 5.57 Å². The molecule has 2 aliphatic rings. The van der Waals surface area contributed by atoms with Gasteiger partial charge in [0, 0.05) is 0 Å². The van der Waals surface area contributed by atoms with E-state index in [-0.39, 0.29) is 0 Å². The van der Waals surface area contributed by atoms with E-state index in [1.165, 1.54) is 105 Å². The predicted octanol–water partition coefficient (Wildman–Crippen LogP) is 8.91. The van der Waals surface area contributed by atoms with Gasteiger partial charge in [0.15, 0.2) is 0 Å². The molecular formula is C29H38. The lowest BCUT2D eigenvalue weighted by Gasteiger charge is -2.34. The lowest BCUT2D eigenvalue weighted by atomic mass is 9.70. The normalized spacial score (nSPS) is 19.0. The van der Waals surface area contributed by atoms with Crippen LogP contribution in [0.25, 0.3) is 17.2 Å². The smallest absolute Gasteiger partial charge is 0.00574 e. The van der Waals surface area contributed by atoms with E-state index in [2.05, 4.69) is 62.4 Å². The molecule has 154 valence electrons. The first-order valence-corrected chi connectivity index (χ1v) is 12.1. The third kappa shape index (κ3) is 4.85. The number of allylic oxidation sites excluding steroid dienone is 1. The van der Waals surface area contributed by atoms with E-state index >= 15 is 0 Å². The Morgan fingerprint density at radius 2 is 1.52 bits per heavy atom. The maximum absolute atomic E-state index is 2.56. The topological polar surface area (TPSA) is 0 Å². The molecule has 0 spiro atoms. The van der Waals surface area contributed by atoms with Crippen LogP contribution >= 0.6 is 0 Å². The van der Waals surface area contributed by atoms with Crippen LogP contribution in [0.3, 0.4) is 0 Å². The average Bonchev–Trinajstić information content (AvgIpc) is 3.16. The lowest BCUT2D eigenvalue weighted by molar-refractivity contribution is 0.203. The molecule has 0 amide bonds. The van der Waals surface area contributed by atoms with Crippen LogP contribution in [0.15, 0.2) is 48.0 Å². The van der Waals surface area contributed by atoms with Crippen LogP contribution in [0.4, 0.5) is 0 Å². The maximum Gasteiger partial charge on any atom is -0.00574 e. The molecule has 0 bridgehead atoms. The summed E-state index contributed by atoms with van der Waals surface area (Å²) >= 11 is 0. The zero-order valence-corrected chi connectivity index (χ0v) is 18.6. The van der Waals surface area contributed by atoms with Crippen molar-refractivity contribution in [2.24, 2.45) is 5.41 Å². The van der Waals surface area contributed by atoms with Gasteiger partial charge in [0.1, 0.15) is 0 Å². The molecule has 2 aromatic rings. The van der Waals surface area contributed by atoms with Gasteiger partial charge in [-0.3, -0.25) is 0 Å². The molecule has 0 nitrogen and oxygen atoms in total. The molecule has 29 heavy (non-hydrogen) atoms. The molecule has 0 radical (unpaired) electrons. The van der Waals surface area contributed by atoms with Gasteiger partial charge >= 0.3 is 0 Å². The Hall–Kier alpha value is -1.82. The number of fused-ring (bicyclic) bond motifs is 1. The second-order valence-corrected chi connectivity index (χ2v) is 9.77. The van der Waals surface area contributed by atoms with E-state index in [9.17, 15) is 0 Å². The van der Waals surface area contributed by atoms with Gasteiger partial charge in [-0.2, -0.15) is 0 Å². The first-order valence-electron chi connectivity index (χ1n) is 12.1. The van der Waals surface area contributed by atoms with Crippen molar-refractivity contribution in [2.75, 3.05) is 0 Å². The number of hydrogen-bond donors (Lipinski definition) is 0. The van der Waals surface area contributed by atoms with Crippen LogP contribution < -0.4 is 0 Å². The van der Waals surface area contributed by atoms with Gasteiger partial charge in [0.05, 0.1) is 0 Å². The van der Waals surface area contributed by atoms with Crippen molar-refractivity contribution in [3.05, 3.63) is 64.7 Å². The van der Waals surface area contributed by atoms with Crippen molar-refractivity contribution in [3.8, 4) is 11.1 Å². The van der Waals surface area contributed by atoms with Crippen molar-refractivity contribution < 1.29 is 0 Å². The third-order valence-corrected chi connectivity index (χ3v) is 7.37. The summed E-state index contributed by atoms with van der Waals surface area (Å²) in [6.07, 6.45) is 19.4. The van der Waals surface area contributed by atoms with Gasteiger partial charge in [0.25, 0.3) is 0 Å². The minimum absolute atomic E-state index is 0.553. The van der Waals surface area contributed by atoms with Crippen molar-refractivity contribution in [1.82, 2.24) is 0 Å². The van der Waals surface area contributed by atoms with Crippen LogP contribution in [-0.2, 0) is 6.42 Å². The molecule has 2 aromatic carbocycles. The van der Waals surface area contributed by atoms with Crippen molar-refractivity contribution in [3.63, 3.8) is 0 Å². The van der Waals surface area contributed by atoms with Crippen LogP contribution in [0.1, 0.15) is 94.2 Å². The molecule has 0 saturated heterocycles. The highest BCUT2D eigenvalue weighted by Crippen LogP contribution is 2.46. The van der Waals surface area contributed by atoms with Gasteiger partial charge in [-0.05, 0) is 66.7 Å². The highest BCUT2D eigenvalue weighted by molar-refractivity contribution is 5.80. The summed E-state index contributed by atoms with van der Waals surface area (Å²) in [7, 11) is 0. The molecule has 4 rings (SSSR count). The highest BCUT2D eigenvalue weighted by atomic mass is 14.4. The third-order valence-electron chi connectivity index (χ3n) is 7.37. The fourth-order valence-corrected chi connectivity index (χ4v) is 5.90. The van der Waals surface area contributed by atoms with Crippen LogP contribution in [0.2, 0.25) is 0 Å². The summed E-state index contributed by atoms with van der Waals surface area (Å²) in [5, 5.41) is 0. The van der Waals surface area contributed by atoms with Crippen LogP contribution in [0.5, 0.6) is 0 Å². The Morgan fingerprint density at radius 3 is 2.21 bits per heavy atom. The molecule has 0 heteroatoms. The van der Waals surface area contributed by atoms with Gasteiger partial charge in [0.2, 0.25) is 0 Å². The molecule has 1 saturated carbocycles. The first kappa shape index (κ1) is 20.5. The summed E-state index contributed by atoms with van der Waals surface area (Å²) in [6, 6.07) is 16.0. The quantitative estimate of drug-likeness (QED) is 0.481. The van der Waals surface area contributed by atoms with Gasteiger partial charge in [-0.15, -0.1) is 0 Å². The van der Waals surface area contributed by atoms with Gasteiger partial charge in [-0.25, -0.2) is 0 Å².